The van der Waals surface area contributed by atoms with Gasteiger partial charge in [0.1, 0.15) is 41.7 Å². The minimum Gasteiger partial charge on any atom is -0.489 e. The lowest BCUT2D eigenvalue weighted by Gasteiger charge is -2.14. The summed E-state index contributed by atoms with van der Waals surface area (Å²) in [5.74, 6) is 1.85. The van der Waals surface area contributed by atoms with Gasteiger partial charge in [0.15, 0.2) is 5.65 Å². The van der Waals surface area contributed by atoms with Crippen molar-refractivity contribution in [1.82, 2.24) is 19.7 Å². The van der Waals surface area contributed by atoms with Gasteiger partial charge in [-0.2, -0.15) is 18.3 Å². The van der Waals surface area contributed by atoms with Gasteiger partial charge in [-0.1, -0.05) is 37.1 Å². The third-order valence-electron chi connectivity index (χ3n) is 7.07. The Morgan fingerprint density at radius 1 is 0.875 bits per heavy atom. The Kier molecular flexibility index (Phi) is 6.75. The Labute approximate surface area is 228 Å². The van der Waals surface area contributed by atoms with Crippen molar-refractivity contribution in [2.75, 3.05) is 5.73 Å². The van der Waals surface area contributed by atoms with E-state index in [0.29, 0.717) is 29.1 Å². The highest BCUT2D eigenvalue weighted by Crippen LogP contribution is 2.37. The van der Waals surface area contributed by atoms with Gasteiger partial charge in [0.25, 0.3) is 0 Å². The molecule has 6 rings (SSSR count). The van der Waals surface area contributed by atoms with Crippen molar-refractivity contribution in [3.05, 3.63) is 90.3 Å². The average molecular weight is 546 g/mol. The fourth-order valence-corrected chi connectivity index (χ4v) is 5.13. The molecule has 1 fully saturated rings. The fraction of sp³-hybridized carbons (Fsp3) is 0.233. The molecule has 2 N–H and O–H groups in total. The Morgan fingerprint density at radius 3 is 2.40 bits per heavy atom. The fourth-order valence-electron chi connectivity index (χ4n) is 5.13. The first-order chi connectivity index (χ1) is 19.4. The van der Waals surface area contributed by atoms with E-state index in [1.807, 2.05) is 28.9 Å². The zero-order chi connectivity index (χ0) is 27.7. The lowest BCUT2D eigenvalue weighted by molar-refractivity contribution is -0.138. The van der Waals surface area contributed by atoms with Gasteiger partial charge in [0, 0.05) is 17.2 Å². The van der Waals surface area contributed by atoms with Crippen LogP contribution in [-0.4, -0.2) is 19.7 Å². The highest BCUT2D eigenvalue weighted by Gasteiger charge is 2.33. The van der Waals surface area contributed by atoms with Crippen LogP contribution in [0, 0.1) is 0 Å². The second kappa shape index (κ2) is 10.5. The number of nitrogens with zero attached hydrogens (tertiary/aromatic N) is 4. The summed E-state index contributed by atoms with van der Waals surface area (Å²) >= 11 is 0. The summed E-state index contributed by atoms with van der Waals surface area (Å²) in [4.78, 5) is 8.67. The van der Waals surface area contributed by atoms with Gasteiger partial charge in [0.05, 0.1) is 17.0 Å². The molecule has 0 amide bonds. The first kappa shape index (κ1) is 25.7. The summed E-state index contributed by atoms with van der Waals surface area (Å²) in [6.45, 7) is -0.220. The maximum Gasteiger partial charge on any atom is 0.416 e. The number of rotatable bonds is 7. The number of alkyl halides is 3. The molecule has 0 unspecified atom stereocenters. The van der Waals surface area contributed by atoms with Crippen LogP contribution in [0.15, 0.2) is 79.1 Å². The third kappa shape index (κ3) is 5.16. The predicted molar refractivity (Wildman–Crippen MR) is 145 cm³/mol. The lowest BCUT2D eigenvalue weighted by Crippen LogP contribution is -2.10. The van der Waals surface area contributed by atoms with Gasteiger partial charge in [0.2, 0.25) is 0 Å². The lowest BCUT2D eigenvalue weighted by atomic mass is 10.1. The van der Waals surface area contributed by atoms with Crippen LogP contribution in [0.5, 0.6) is 17.2 Å². The van der Waals surface area contributed by atoms with Crippen LogP contribution >= 0.6 is 0 Å². The summed E-state index contributed by atoms with van der Waals surface area (Å²) in [7, 11) is 0. The van der Waals surface area contributed by atoms with Crippen molar-refractivity contribution >= 4 is 16.9 Å². The van der Waals surface area contributed by atoms with Crippen LogP contribution in [0.1, 0.15) is 42.9 Å². The van der Waals surface area contributed by atoms with Crippen molar-refractivity contribution in [3.63, 3.8) is 0 Å². The smallest absolute Gasteiger partial charge is 0.416 e. The minimum atomic E-state index is -4.45. The second-order valence-electron chi connectivity index (χ2n) is 9.73. The van der Waals surface area contributed by atoms with E-state index in [1.165, 1.54) is 31.3 Å². The van der Waals surface area contributed by atoms with Gasteiger partial charge in [-0.15, -0.1) is 0 Å². The number of aromatic nitrogens is 4. The molecule has 0 bridgehead atoms. The van der Waals surface area contributed by atoms with Crippen molar-refractivity contribution in [2.24, 2.45) is 0 Å². The van der Waals surface area contributed by atoms with Gasteiger partial charge in [-0.05, 0) is 55.3 Å². The first-order valence-corrected chi connectivity index (χ1v) is 13.0. The van der Waals surface area contributed by atoms with Crippen LogP contribution in [0.25, 0.3) is 22.3 Å². The van der Waals surface area contributed by atoms with Crippen LogP contribution in [0.3, 0.4) is 0 Å². The Morgan fingerprint density at radius 2 is 1.62 bits per heavy atom. The highest BCUT2D eigenvalue weighted by atomic mass is 19.4. The molecule has 0 radical (unpaired) electrons. The highest BCUT2D eigenvalue weighted by molar-refractivity contribution is 5.98. The summed E-state index contributed by atoms with van der Waals surface area (Å²) < 4.78 is 53.5. The number of hydrogen-bond donors (Lipinski definition) is 1. The molecule has 7 nitrogen and oxygen atoms in total. The quantitative estimate of drug-likeness (QED) is 0.227. The van der Waals surface area contributed by atoms with E-state index in [4.69, 9.17) is 20.3 Å². The Hall–Kier alpha value is -4.60. The monoisotopic (exact) mass is 545 g/mol. The van der Waals surface area contributed by atoms with Crippen molar-refractivity contribution in [2.45, 2.75) is 44.5 Å². The zero-order valence-electron chi connectivity index (χ0n) is 21.4. The summed E-state index contributed by atoms with van der Waals surface area (Å²) in [5, 5.41) is 5.64. The number of benzene rings is 3. The van der Waals surface area contributed by atoms with Crippen LogP contribution < -0.4 is 15.2 Å². The molecule has 10 heteroatoms. The zero-order valence-corrected chi connectivity index (χ0v) is 21.4. The van der Waals surface area contributed by atoms with Crippen molar-refractivity contribution in [3.8, 4) is 28.5 Å². The molecule has 5 aromatic rings. The van der Waals surface area contributed by atoms with Gasteiger partial charge < -0.3 is 15.2 Å². The molecule has 3 aromatic carbocycles. The van der Waals surface area contributed by atoms with Gasteiger partial charge in [-0.3, -0.25) is 0 Å². The molecule has 0 spiro atoms. The number of hydrogen-bond acceptors (Lipinski definition) is 6. The molecular formula is C30H26F3N5O2. The largest absolute Gasteiger partial charge is 0.489 e. The molecule has 1 saturated carbocycles. The number of fused-ring (bicyclic) bond motifs is 1. The third-order valence-corrected chi connectivity index (χ3v) is 7.07. The van der Waals surface area contributed by atoms with Crippen LogP contribution in [0.4, 0.5) is 19.0 Å². The molecule has 2 aromatic heterocycles. The number of nitrogens with two attached hydrogens (primary N) is 1. The molecule has 1 aliphatic rings. The first-order valence-electron chi connectivity index (χ1n) is 13.0. The van der Waals surface area contributed by atoms with Crippen LogP contribution in [-0.2, 0) is 12.8 Å². The standard InChI is InChI=1S/C30H26F3N5O2/c31-30(32,33)25-11-4-1-6-20(25)17-39-23-9-5-10-24(16-23)40-22-14-12-19(13-15-22)27-26-28(34)35-18-36-29(26)38(37-27)21-7-2-3-8-21/h1,4-6,9-16,18,21H,2-3,7-8,17H2,(H2,34,35,36). The molecule has 40 heavy (non-hydrogen) atoms. The molecule has 0 saturated heterocycles. The van der Waals surface area contributed by atoms with Gasteiger partial charge in [-0.25, -0.2) is 14.6 Å². The topological polar surface area (TPSA) is 88.1 Å². The van der Waals surface area contributed by atoms with Crippen LogP contribution in [0.2, 0.25) is 0 Å². The van der Waals surface area contributed by atoms with Crippen molar-refractivity contribution in [1.29, 1.82) is 0 Å². The molecular weight excluding hydrogens is 519 g/mol. The van der Waals surface area contributed by atoms with Crippen molar-refractivity contribution < 1.29 is 22.6 Å². The molecule has 0 aliphatic heterocycles. The summed E-state index contributed by atoms with van der Waals surface area (Å²) in [6, 6.07) is 19.9. The van der Waals surface area contributed by atoms with E-state index in [1.54, 1.807) is 30.3 Å². The second-order valence-corrected chi connectivity index (χ2v) is 9.73. The van der Waals surface area contributed by atoms with Gasteiger partial charge >= 0.3 is 6.18 Å². The number of halogens is 3. The predicted octanol–water partition coefficient (Wildman–Crippen LogP) is 7.58. The summed E-state index contributed by atoms with van der Waals surface area (Å²) in [6.07, 6.45) is 1.48. The average Bonchev–Trinajstić information content (AvgIpc) is 3.61. The van der Waals surface area contributed by atoms with E-state index in [2.05, 4.69) is 9.97 Å². The molecule has 0 atom stereocenters. The molecule has 204 valence electrons. The van der Waals surface area contributed by atoms with E-state index >= 15 is 0 Å². The van der Waals surface area contributed by atoms with E-state index < -0.39 is 11.7 Å². The SMILES string of the molecule is Nc1ncnc2c1c(-c1ccc(Oc3cccc(OCc4ccccc4C(F)(F)F)c3)cc1)nn2C1CCCC1. The normalized spacial score (nSPS) is 14.1. The molecule has 2 heterocycles. The number of nitrogen functional groups attached to an aromatic ring is 1. The van der Waals surface area contributed by atoms with E-state index in [-0.39, 0.29) is 12.2 Å². The Bertz CT molecular complexity index is 1640. The maximum atomic E-state index is 13.3. The van der Waals surface area contributed by atoms with E-state index in [9.17, 15) is 13.2 Å². The number of ether oxygens (including phenoxy) is 2. The number of anilines is 1. The molecule has 1 aliphatic carbocycles. The Balaban J connectivity index is 1.19. The summed E-state index contributed by atoms with van der Waals surface area (Å²) in [5.41, 5.74) is 7.92. The van der Waals surface area contributed by atoms with E-state index in [0.717, 1.165) is 41.2 Å². The minimum absolute atomic E-state index is 0.0610. The maximum absolute atomic E-state index is 13.3.